The summed E-state index contributed by atoms with van der Waals surface area (Å²) in [6.07, 6.45) is 32.2. The predicted molar refractivity (Wildman–Crippen MR) is 233 cm³/mol. The minimum absolute atomic E-state index is 0.0880. The lowest BCUT2D eigenvalue weighted by Crippen LogP contribution is -2.21. The van der Waals surface area contributed by atoms with Crippen LogP contribution in [-0.2, 0) is 19.3 Å². The minimum Gasteiger partial charge on any atom is -0.460 e. The van der Waals surface area contributed by atoms with Gasteiger partial charge in [-0.05, 0) is 113 Å². The van der Waals surface area contributed by atoms with Crippen LogP contribution in [0.3, 0.4) is 0 Å². The summed E-state index contributed by atoms with van der Waals surface area (Å²) in [5.41, 5.74) is 18.1. The molecular formula is C53H44N2O. The van der Waals surface area contributed by atoms with Crippen LogP contribution in [0.25, 0.3) is 46.2 Å². The molecule has 11 rings (SSSR count). The van der Waals surface area contributed by atoms with Gasteiger partial charge >= 0.3 is 0 Å². The largest absolute Gasteiger partial charge is 0.460 e. The molecule has 0 bridgehead atoms. The number of allylic oxidation sites excluding steroid dienone is 9. The minimum atomic E-state index is 0.0880. The van der Waals surface area contributed by atoms with E-state index in [1.165, 1.54) is 72.6 Å². The first-order valence-electron chi connectivity index (χ1n) is 20.4. The molecule has 4 aromatic carbocycles. The zero-order chi connectivity index (χ0) is 37.0. The van der Waals surface area contributed by atoms with Crippen molar-refractivity contribution in [3.63, 3.8) is 0 Å². The first-order chi connectivity index (χ1) is 27.7. The Labute approximate surface area is 329 Å². The van der Waals surface area contributed by atoms with Crippen molar-refractivity contribution in [2.24, 2.45) is 0 Å². The number of rotatable bonds is 6. The van der Waals surface area contributed by atoms with Gasteiger partial charge in [0.2, 0.25) is 0 Å². The number of hydrogen-bond acceptors (Lipinski definition) is 2. The molecule has 1 N–H and O–H groups in total. The predicted octanol–water partition coefficient (Wildman–Crippen LogP) is 12.9. The summed E-state index contributed by atoms with van der Waals surface area (Å²) < 4.78 is 8.92. The zero-order valence-electron chi connectivity index (χ0n) is 31.5. The number of fused-ring (bicyclic) bond motifs is 6. The average Bonchev–Trinajstić information content (AvgIpc) is 3.82. The van der Waals surface area contributed by atoms with E-state index in [9.17, 15) is 0 Å². The normalized spacial score (nSPS) is 20.8. The quantitative estimate of drug-likeness (QED) is 0.185. The number of nitrogens with one attached hydrogen (secondary N) is 1. The van der Waals surface area contributed by atoms with E-state index in [0.29, 0.717) is 11.8 Å². The number of dihydropyridines is 1. The molecule has 3 heteroatoms. The van der Waals surface area contributed by atoms with Crippen LogP contribution in [0.15, 0.2) is 156 Å². The summed E-state index contributed by atoms with van der Waals surface area (Å²) in [6.45, 7) is 0. The van der Waals surface area contributed by atoms with E-state index >= 15 is 0 Å². The van der Waals surface area contributed by atoms with Gasteiger partial charge in [0.05, 0.1) is 6.04 Å². The summed E-state index contributed by atoms with van der Waals surface area (Å²) in [5, 5.41) is 5.04. The number of aryl methyl sites for hydroxylation is 1. The van der Waals surface area contributed by atoms with Gasteiger partial charge in [-0.3, -0.25) is 0 Å². The van der Waals surface area contributed by atoms with Crippen molar-refractivity contribution in [2.75, 3.05) is 0 Å². The van der Waals surface area contributed by atoms with E-state index in [-0.39, 0.29) is 6.04 Å². The van der Waals surface area contributed by atoms with Crippen LogP contribution in [0.1, 0.15) is 98.8 Å². The summed E-state index contributed by atoms with van der Waals surface area (Å²) >= 11 is 0. The first kappa shape index (κ1) is 33.1. The Kier molecular flexibility index (Phi) is 8.12. The Bertz CT molecular complexity index is 2720. The topological polar surface area (TPSA) is 30.1 Å². The van der Waals surface area contributed by atoms with Gasteiger partial charge < -0.3 is 14.3 Å². The second-order valence-corrected chi connectivity index (χ2v) is 15.8. The second-order valence-electron chi connectivity index (χ2n) is 15.8. The Hall–Kier alpha value is -6.32. The van der Waals surface area contributed by atoms with Crippen LogP contribution in [-0.4, -0.2) is 4.57 Å². The van der Waals surface area contributed by atoms with Gasteiger partial charge in [0.25, 0.3) is 0 Å². The number of furan rings is 1. The molecule has 0 radical (unpaired) electrons. The summed E-state index contributed by atoms with van der Waals surface area (Å²) in [5.74, 6) is 1.73. The molecule has 0 amide bonds. The van der Waals surface area contributed by atoms with Crippen molar-refractivity contribution in [2.45, 2.75) is 56.4 Å². The summed E-state index contributed by atoms with van der Waals surface area (Å²) in [6, 6.07) is 37.7. The standard InChI is InChI=1S/C53H44N2O/c1-3-13-35(14-4-1)48-32-42(33-49(54-48)36-15-5-2-6-16-36)38-18-11-17-37(29-38)40-26-28-51-47(31-40)44-21-7-9-23-50(44)55(51)43-20-12-19-39(30-43)41-25-27-46-45-22-8-10-24-52(45)56-53(46)34-41/h1-6,8-9,11-18,20,22-23,25-30,32-34,39-40,48,54H,7,10,19,21,24,31H2. The SMILES string of the molecule is C1=Cc2c(oc3cc(C4C=C(n5c6c(c7c5C=CC(c5cccc(C8=CC(c9ccccc9)NC(c9ccccc9)=C8)c5)C7)CCC=C6)C=CC4)ccc23)CC1. The van der Waals surface area contributed by atoms with E-state index in [4.69, 9.17) is 4.42 Å². The fourth-order valence-corrected chi connectivity index (χ4v) is 9.62. The number of hydrogen-bond donors (Lipinski definition) is 1. The van der Waals surface area contributed by atoms with Crippen LogP contribution in [0, 0.1) is 0 Å². The molecule has 3 atom stereocenters. The molecule has 2 aromatic heterocycles. The summed E-state index contributed by atoms with van der Waals surface area (Å²) in [7, 11) is 0. The molecule has 0 spiro atoms. The molecule has 3 heterocycles. The van der Waals surface area contributed by atoms with Gasteiger partial charge in [0.15, 0.2) is 0 Å². The van der Waals surface area contributed by atoms with Crippen molar-refractivity contribution in [1.29, 1.82) is 0 Å². The van der Waals surface area contributed by atoms with Crippen LogP contribution < -0.4 is 5.32 Å². The fraction of sp³-hybridized carbons (Fsp3) is 0.170. The van der Waals surface area contributed by atoms with Gasteiger partial charge in [0.1, 0.15) is 11.3 Å². The molecule has 0 saturated carbocycles. The van der Waals surface area contributed by atoms with Gasteiger partial charge in [0, 0.05) is 52.0 Å². The number of nitrogens with zero attached hydrogens (tertiary/aromatic N) is 1. The molecule has 4 aliphatic carbocycles. The summed E-state index contributed by atoms with van der Waals surface area (Å²) in [4.78, 5) is 0. The lowest BCUT2D eigenvalue weighted by molar-refractivity contribution is 0.546. The van der Waals surface area contributed by atoms with Crippen LogP contribution in [0.2, 0.25) is 0 Å². The maximum Gasteiger partial charge on any atom is 0.135 e. The highest BCUT2D eigenvalue weighted by Gasteiger charge is 2.29. The van der Waals surface area contributed by atoms with Crippen molar-refractivity contribution >= 4 is 46.2 Å². The smallest absolute Gasteiger partial charge is 0.135 e. The van der Waals surface area contributed by atoms with Gasteiger partial charge in [-0.2, -0.15) is 0 Å². The lowest BCUT2D eigenvalue weighted by atomic mass is 9.83. The van der Waals surface area contributed by atoms with E-state index in [2.05, 4.69) is 180 Å². The average molecular weight is 725 g/mol. The second kappa shape index (κ2) is 13.8. The molecule has 0 saturated heterocycles. The zero-order valence-corrected chi connectivity index (χ0v) is 31.5. The van der Waals surface area contributed by atoms with Gasteiger partial charge in [-0.15, -0.1) is 0 Å². The molecule has 1 aliphatic heterocycles. The van der Waals surface area contributed by atoms with Crippen molar-refractivity contribution < 1.29 is 4.42 Å². The van der Waals surface area contributed by atoms with Gasteiger partial charge in [-0.25, -0.2) is 0 Å². The van der Waals surface area contributed by atoms with Crippen LogP contribution >= 0.6 is 0 Å². The van der Waals surface area contributed by atoms with Crippen molar-refractivity contribution in [3.8, 4) is 0 Å². The molecule has 6 aromatic rings. The highest BCUT2D eigenvalue weighted by molar-refractivity contribution is 5.90. The van der Waals surface area contributed by atoms with E-state index in [1.54, 1.807) is 0 Å². The first-order valence-corrected chi connectivity index (χ1v) is 20.4. The highest BCUT2D eigenvalue weighted by Crippen LogP contribution is 2.43. The van der Waals surface area contributed by atoms with E-state index in [1.807, 2.05) is 0 Å². The third kappa shape index (κ3) is 5.81. The fourth-order valence-electron chi connectivity index (χ4n) is 9.62. The molecule has 3 unspecified atom stereocenters. The van der Waals surface area contributed by atoms with Crippen molar-refractivity contribution in [1.82, 2.24) is 9.88 Å². The van der Waals surface area contributed by atoms with Gasteiger partial charge in [-0.1, -0.05) is 134 Å². The van der Waals surface area contributed by atoms with Crippen LogP contribution in [0.5, 0.6) is 0 Å². The Balaban J connectivity index is 0.924. The Morgan fingerprint density at radius 3 is 2.32 bits per heavy atom. The Morgan fingerprint density at radius 2 is 1.41 bits per heavy atom. The number of benzene rings is 4. The van der Waals surface area contributed by atoms with E-state index < -0.39 is 0 Å². The van der Waals surface area contributed by atoms with E-state index in [0.717, 1.165) is 55.6 Å². The Morgan fingerprint density at radius 1 is 0.625 bits per heavy atom. The molecule has 3 nitrogen and oxygen atoms in total. The third-order valence-corrected chi connectivity index (χ3v) is 12.4. The number of aromatic nitrogens is 1. The maximum atomic E-state index is 6.38. The van der Waals surface area contributed by atoms with Crippen LogP contribution in [0.4, 0.5) is 0 Å². The molecule has 5 aliphatic rings. The third-order valence-electron chi connectivity index (χ3n) is 12.4. The molecule has 56 heavy (non-hydrogen) atoms. The maximum absolute atomic E-state index is 6.38. The molecular weight excluding hydrogens is 681 g/mol. The lowest BCUT2D eigenvalue weighted by Gasteiger charge is -2.26. The molecule has 0 fully saturated rings. The van der Waals surface area contributed by atoms with Crippen molar-refractivity contribution in [3.05, 3.63) is 213 Å². The molecule has 272 valence electrons. The monoisotopic (exact) mass is 724 g/mol. The highest BCUT2D eigenvalue weighted by atomic mass is 16.3.